The average Bonchev–Trinajstić information content (AvgIpc) is 2.44. The predicted molar refractivity (Wildman–Crippen MR) is 61.1 cm³/mol. The topological polar surface area (TPSA) is 17.1 Å². The van der Waals surface area contributed by atoms with Crippen LogP contribution in [0.3, 0.4) is 0 Å². The fourth-order valence-electron chi connectivity index (χ4n) is 1.65. The van der Waals surface area contributed by atoms with Gasteiger partial charge in [0.1, 0.15) is 6.29 Å². The maximum atomic E-state index is 10.5. The highest BCUT2D eigenvalue weighted by Gasteiger charge is 2.07. The Morgan fingerprint density at radius 2 is 2.14 bits per heavy atom. The average molecular weight is 204 g/mol. The smallest absolute Gasteiger partial charge is 0.125 e. The third kappa shape index (κ3) is 1.46. The fourth-order valence-corrected chi connectivity index (χ4v) is 2.91. The van der Waals surface area contributed by atoms with Crippen LogP contribution >= 0.6 is 11.3 Å². The van der Waals surface area contributed by atoms with Crippen LogP contribution in [0.5, 0.6) is 0 Å². The lowest BCUT2D eigenvalue weighted by atomic mass is 10.1. The third-order valence-corrected chi connectivity index (χ3v) is 3.74. The maximum absolute atomic E-state index is 10.5. The van der Waals surface area contributed by atoms with E-state index in [0.29, 0.717) is 6.42 Å². The molecule has 0 saturated heterocycles. The molecular weight excluding hydrogens is 192 g/mol. The Morgan fingerprint density at radius 3 is 2.86 bits per heavy atom. The lowest BCUT2D eigenvalue weighted by Crippen LogP contribution is -1.82. The fraction of sp³-hybridized carbons (Fsp3) is 0.250. The summed E-state index contributed by atoms with van der Waals surface area (Å²) in [5.74, 6) is 0. The van der Waals surface area contributed by atoms with Gasteiger partial charge in [0.25, 0.3) is 0 Å². The first kappa shape index (κ1) is 9.41. The van der Waals surface area contributed by atoms with Gasteiger partial charge >= 0.3 is 0 Å². The zero-order valence-corrected chi connectivity index (χ0v) is 9.15. The highest BCUT2D eigenvalue weighted by molar-refractivity contribution is 7.19. The molecule has 2 rings (SSSR count). The Hall–Kier alpha value is -1.15. The van der Waals surface area contributed by atoms with E-state index in [4.69, 9.17) is 0 Å². The highest BCUT2D eigenvalue weighted by atomic mass is 32.1. The molecule has 1 aromatic carbocycles. The largest absolute Gasteiger partial charge is 0.303 e. The number of benzene rings is 1. The van der Waals surface area contributed by atoms with Crippen LogP contribution in [0.2, 0.25) is 0 Å². The normalized spacial score (nSPS) is 10.7. The summed E-state index contributed by atoms with van der Waals surface area (Å²) in [4.78, 5) is 11.7. The molecule has 0 aliphatic rings. The number of aldehydes is 1. The first-order valence-corrected chi connectivity index (χ1v) is 5.46. The van der Waals surface area contributed by atoms with Crippen molar-refractivity contribution < 1.29 is 4.79 Å². The SMILES string of the molecule is Cc1ccc2c(C)c(CC=O)sc2c1. The summed E-state index contributed by atoms with van der Waals surface area (Å²) in [6, 6.07) is 6.44. The van der Waals surface area contributed by atoms with Gasteiger partial charge in [0.05, 0.1) is 0 Å². The summed E-state index contributed by atoms with van der Waals surface area (Å²) in [7, 11) is 0. The molecule has 0 atom stereocenters. The van der Waals surface area contributed by atoms with Crippen molar-refractivity contribution in [3.8, 4) is 0 Å². The van der Waals surface area contributed by atoms with Crippen LogP contribution in [0.4, 0.5) is 0 Å². The minimum Gasteiger partial charge on any atom is -0.303 e. The van der Waals surface area contributed by atoms with E-state index >= 15 is 0 Å². The van der Waals surface area contributed by atoms with Crippen LogP contribution in [0.15, 0.2) is 18.2 Å². The molecule has 1 aromatic heterocycles. The van der Waals surface area contributed by atoms with Gasteiger partial charge in [-0.3, -0.25) is 0 Å². The molecule has 1 nitrogen and oxygen atoms in total. The second-order valence-corrected chi connectivity index (χ2v) is 4.66. The van der Waals surface area contributed by atoms with Gasteiger partial charge in [-0.25, -0.2) is 0 Å². The van der Waals surface area contributed by atoms with Gasteiger partial charge in [0, 0.05) is 16.0 Å². The molecule has 0 bridgehead atoms. The standard InChI is InChI=1S/C12H12OS/c1-8-3-4-10-9(2)11(5-6-13)14-12(10)7-8/h3-4,6-7H,5H2,1-2H3. The van der Waals surface area contributed by atoms with E-state index < -0.39 is 0 Å². The number of carbonyl (C=O) groups is 1. The summed E-state index contributed by atoms with van der Waals surface area (Å²) in [5.41, 5.74) is 2.54. The van der Waals surface area contributed by atoms with Crippen molar-refractivity contribution in [2.75, 3.05) is 0 Å². The molecule has 14 heavy (non-hydrogen) atoms. The van der Waals surface area contributed by atoms with E-state index in [-0.39, 0.29) is 0 Å². The zero-order valence-electron chi connectivity index (χ0n) is 8.33. The van der Waals surface area contributed by atoms with Gasteiger partial charge in [-0.2, -0.15) is 0 Å². The van der Waals surface area contributed by atoms with Crippen LogP contribution in [-0.4, -0.2) is 6.29 Å². The molecule has 0 N–H and O–H groups in total. The highest BCUT2D eigenvalue weighted by Crippen LogP contribution is 2.31. The van der Waals surface area contributed by atoms with Gasteiger partial charge in [-0.15, -0.1) is 11.3 Å². The first-order valence-electron chi connectivity index (χ1n) is 4.64. The second-order valence-electron chi connectivity index (χ2n) is 3.52. The molecule has 0 fully saturated rings. The Morgan fingerprint density at radius 1 is 1.36 bits per heavy atom. The number of hydrogen-bond donors (Lipinski definition) is 0. The van der Waals surface area contributed by atoms with Crippen LogP contribution in [0.1, 0.15) is 16.0 Å². The van der Waals surface area contributed by atoms with E-state index in [9.17, 15) is 4.79 Å². The maximum Gasteiger partial charge on any atom is 0.125 e. The lowest BCUT2D eigenvalue weighted by molar-refractivity contribution is -0.107. The Bertz CT molecular complexity index is 482. The molecule has 0 spiro atoms. The number of aryl methyl sites for hydroxylation is 2. The molecule has 0 amide bonds. The lowest BCUT2D eigenvalue weighted by Gasteiger charge is -1.93. The Balaban J connectivity index is 2.66. The summed E-state index contributed by atoms with van der Waals surface area (Å²) >= 11 is 1.73. The van der Waals surface area contributed by atoms with Gasteiger partial charge < -0.3 is 4.79 Å². The molecule has 0 unspecified atom stereocenters. The molecule has 2 heteroatoms. The number of carbonyl (C=O) groups excluding carboxylic acids is 1. The summed E-state index contributed by atoms with van der Waals surface area (Å²) < 4.78 is 1.29. The van der Waals surface area contributed by atoms with Crippen LogP contribution in [0, 0.1) is 13.8 Å². The van der Waals surface area contributed by atoms with Gasteiger partial charge in [0.2, 0.25) is 0 Å². The van der Waals surface area contributed by atoms with E-state index in [0.717, 1.165) is 6.29 Å². The summed E-state index contributed by atoms with van der Waals surface area (Å²) in [6.07, 6.45) is 1.52. The van der Waals surface area contributed by atoms with E-state index in [1.54, 1.807) is 11.3 Å². The van der Waals surface area contributed by atoms with Gasteiger partial charge in [0.15, 0.2) is 0 Å². The monoisotopic (exact) mass is 204 g/mol. The second kappa shape index (κ2) is 3.54. The minimum absolute atomic E-state index is 0.546. The van der Waals surface area contributed by atoms with Crippen molar-refractivity contribution >= 4 is 27.7 Å². The van der Waals surface area contributed by atoms with E-state index in [1.165, 1.54) is 26.1 Å². The van der Waals surface area contributed by atoms with Crippen LogP contribution in [0.25, 0.3) is 10.1 Å². The van der Waals surface area contributed by atoms with Gasteiger partial charge in [-0.1, -0.05) is 12.1 Å². The number of rotatable bonds is 2. The molecule has 0 saturated carbocycles. The van der Waals surface area contributed by atoms with Crippen LogP contribution < -0.4 is 0 Å². The van der Waals surface area contributed by atoms with Crippen molar-refractivity contribution in [2.24, 2.45) is 0 Å². The van der Waals surface area contributed by atoms with E-state index in [1.807, 2.05) is 0 Å². The number of hydrogen-bond acceptors (Lipinski definition) is 2. The third-order valence-electron chi connectivity index (χ3n) is 2.46. The number of fused-ring (bicyclic) bond motifs is 1. The predicted octanol–water partition coefficient (Wildman–Crippen LogP) is 3.26. The zero-order chi connectivity index (χ0) is 10.1. The minimum atomic E-state index is 0.546. The summed E-state index contributed by atoms with van der Waals surface area (Å²) in [6.45, 7) is 4.18. The van der Waals surface area contributed by atoms with E-state index in [2.05, 4.69) is 32.0 Å². The van der Waals surface area contributed by atoms with Crippen molar-refractivity contribution in [1.82, 2.24) is 0 Å². The Kier molecular flexibility index (Phi) is 2.38. The van der Waals surface area contributed by atoms with Crippen molar-refractivity contribution in [3.05, 3.63) is 34.2 Å². The molecule has 0 aliphatic carbocycles. The summed E-state index contributed by atoms with van der Waals surface area (Å²) in [5, 5.41) is 1.29. The molecule has 72 valence electrons. The Labute approximate surface area is 87.4 Å². The molecule has 2 aromatic rings. The molecular formula is C12H12OS. The quantitative estimate of drug-likeness (QED) is 0.686. The molecule has 1 heterocycles. The van der Waals surface area contributed by atoms with Crippen molar-refractivity contribution in [3.63, 3.8) is 0 Å². The molecule has 0 aliphatic heterocycles. The van der Waals surface area contributed by atoms with Crippen molar-refractivity contribution in [1.29, 1.82) is 0 Å². The van der Waals surface area contributed by atoms with Crippen LogP contribution in [-0.2, 0) is 11.2 Å². The molecule has 0 radical (unpaired) electrons. The van der Waals surface area contributed by atoms with Crippen molar-refractivity contribution in [2.45, 2.75) is 20.3 Å². The van der Waals surface area contributed by atoms with Gasteiger partial charge in [-0.05, 0) is 36.4 Å². The first-order chi connectivity index (χ1) is 6.72. The number of thiophene rings is 1.